The van der Waals surface area contributed by atoms with E-state index < -0.39 is 11.9 Å². The molecule has 0 aliphatic heterocycles. The van der Waals surface area contributed by atoms with Crippen LogP contribution in [0.4, 0.5) is 13.2 Å². The number of nitrogens with zero attached hydrogens (tertiary/aromatic N) is 4. The molecule has 18 heavy (non-hydrogen) atoms. The number of hydrogen-bond acceptors (Lipinski definition) is 3. The van der Waals surface area contributed by atoms with Gasteiger partial charge >= 0.3 is 6.18 Å². The highest BCUT2D eigenvalue weighted by molar-refractivity contribution is 5.22. The molecule has 0 saturated heterocycles. The number of rotatable bonds is 1. The Labute approximate surface area is 100 Å². The standard InChI is InChI=1S/C11H7F3N4/c12-11(13,14)9-4-6-15-10(17-9)3-1-7-18-8-2-5-16-18/h2,4-6,8H,7H2. The van der Waals surface area contributed by atoms with E-state index >= 15 is 0 Å². The molecule has 0 saturated carbocycles. The molecule has 2 aromatic rings. The average molecular weight is 252 g/mol. The number of aromatic nitrogens is 4. The lowest BCUT2D eigenvalue weighted by Gasteiger charge is -2.03. The highest BCUT2D eigenvalue weighted by Crippen LogP contribution is 2.26. The van der Waals surface area contributed by atoms with E-state index in [1.165, 1.54) is 0 Å². The zero-order chi connectivity index (χ0) is 13.0. The van der Waals surface area contributed by atoms with Crippen molar-refractivity contribution in [3.8, 4) is 11.8 Å². The number of halogens is 3. The molecule has 0 N–H and O–H groups in total. The maximum atomic E-state index is 12.4. The Kier molecular flexibility index (Phi) is 3.28. The van der Waals surface area contributed by atoms with Crippen LogP contribution in [0.3, 0.4) is 0 Å². The van der Waals surface area contributed by atoms with Gasteiger partial charge in [-0.25, -0.2) is 9.97 Å². The first kappa shape index (κ1) is 12.1. The minimum Gasteiger partial charge on any atom is -0.261 e. The van der Waals surface area contributed by atoms with Crippen LogP contribution >= 0.6 is 0 Å². The topological polar surface area (TPSA) is 43.6 Å². The summed E-state index contributed by atoms with van der Waals surface area (Å²) in [5.74, 6) is 4.95. The molecule has 0 radical (unpaired) electrons. The molecule has 7 heteroatoms. The lowest BCUT2D eigenvalue weighted by Crippen LogP contribution is -2.09. The fourth-order valence-electron chi connectivity index (χ4n) is 1.17. The highest BCUT2D eigenvalue weighted by atomic mass is 19.4. The van der Waals surface area contributed by atoms with Crippen molar-refractivity contribution >= 4 is 0 Å². The normalized spacial score (nSPS) is 10.8. The average Bonchev–Trinajstić information content (AvgIpc) is 2.81. The Morgan fingerprint density at radius 3 is 2.78 bits per heavy atom. The Morgan fingerprint density at radius 2 is 2.11 bits per heavy atom. The summed E-state index contributed by atoms with van der Waals surface area (Å²) in [6, 6.07) is 2.53. The first-order valence-electron chi connectivity index (χ1n) is 4.92. The fourth-order valence-corrected chi connectivity index (χ4v) is 1.17. The monoisotopic (exact) mass is 252 g/mol. The summed E-state index contributed by atoms with van der Waals surface area (Å²) in [5.41, 5.74) is -0.999. The third-order valence-corrected chi connectivity index (χ3v) is 1.95. The van der Waals surface area contributed by atoms with E-state index in [9.17, 15) is 13.2 Å². The van der Waals surface area contributed by atoms with Crippen molar-refractivity contribution in [3.05, 3.63) is 42.2 Å². The van der Waals surface area contributed by atoms with E-state index in [2.05, 4.69) is 26.9 Å². The van der Waals surface area contributed by atoms with Gasteiger partial charge in [-0.3, -0.25) is 4.68 Å². The Balaban J connectivity index is 2.13. The summed E-state index contributed by atoms with van der Waals surface area (Å²) in [7, 11) is 0. The van der Waals surface area contributed by atoms with Crippen LogP contribution in [0.1, 0.15) is 11.5 Å². The van der Waals surface area contributed by atoms with E-state index in [-0.39, 0.29) is 12.4 Å². The maximum absolute atomic E-state index is 12.4. The molecule has 0 aliphatic carbocycles. The van der Waals surface area contributed by atoms with Crippen molar-refractivity contribution in [2.45, 2.75) is 12.7 Å². The molecule has 0 amide bonds. The van der Waals surface area contributed by atoms with E-state index in [0.717, 1.165) is 12.3 Å². The summed E-state index contributed by atoms with van der Waals surface area (Å²) in [6.45, 7) is 0.270. The molecule has 92 valence electrons. The van der Waals surface area contributed by atoms with Crippen LogP contribution in [0.2, 0.25) is 0 Å². The Bertz CT molecular complexity index is 578. The first-order chi connectivity index (χ1) is 8.55. The molecule has 0 spiro atoms. The van der Waals surface area contributed by atoms with Gasteiger partial charge in [0.1, 0.15) is 12.2 Å². The maximum Gasteiger partial charge on any atom is 0.433 e. The zero-order valence-corrected chi connectivity index (χ0v) is 9.02. The SMILES string of the molecule is FC(F)(F)c1ccnc(C#CCn2cccn2)n1. The predicted octanol–water partition coefficient (Wildman–Crippen LogP) is 1.74. The first-order valence-corrected chi connectivity index (χ1v) is 4.92. The van der Waals surface area contributed by atoms with Crippen molar-refractivity contribution < 1.29 is 13.2 Å². The summed E-state index contributed by atoms with van der Waals surface area (Å²) in [6.07, 6.45) is -0.167. The van der Waals surface area contributed by atoms with Gasteiger partial charge in [0.05, 0.1) is 0 Å². The lowest BCUT2D eigenvalue weighted by molar-refractivity contribution is -0.141. The second-order valence-electron chi connectivity index (χ2n) is 3.27. The minimum atomic E-state index is -4.48. The largest absolute Gasteiger partial charge is 0.433 e. The van der Waals surface area contributed by atoms with Crippen LogP contribution in [0, 0.1) is 11.8 Å². The van der Waals surface area contributed by atoms with Gasteiger partial charge in [-0.2, -0.15) is 18.3 Å². The minimum absolute atomic E-state index is 0.156. The Hall–Kier alpha value is -2.36. The van der Waals surface area contributed by atoms with Crippen LogP contribution in [0.25, 0.3) is 0 Å². The molecule has 4 nitrogen and oxygen atoms in total. The molecule has 2 heterocycles. The van der Waals surface area contributed by atoms with Gasteiger partial charge in [-0.05, 0) is 18.1 Å². The zero-order valence-electron chi connectivity index (χ0n) is 9.02. The molecular formula is C11H7F3N4. The summed E-state index contributed by atoms with van der Waals surface area (Å²) in [4.78, 5) is 6.98. The number of alkyl halides is 3. The van der Waals surface area contributed by atoms with E-state index in [1.54, 1.807) is 23.1 Å². The lowest BCUT2D eigenvalue weighted by atomic mass is 10.4. The molecule has 0 fully saturated rings. The van der Waals surface area contributed by atoms with Crippen LogP contribution in [0.15, 0.2) is 30.7 Å². The summed E-state index contributed by atoms with van der Waals surface area (Å²) < 4.78 is 38.6. The van der Waals surface area contributed by atoms with Crippen molar-refractivity contribution in [1.29, 1.82) is 0 Å². The van der Waals surface area contributed by atoms with Crippen LogP contribution in [0.5, 0.6) is 0 Å². The molecular weight excluding hydrogens is 245 g/mol. The smallest absolute Gasteiger partial charge is 0.261 e. The molecule has 0 unspecified atom stereocenters. The second-order valence-corrected chi connectivity index (χ2v) is 3.27. The van der Waals surface area contributed by atoms with Crippen molar-refractivity contribution in [2.24, 2.45) is 0 Å². The molecule has 0 aromatic carbocycles. The van der Waals surface area contributed by atoms with Gasteiger partial charge in [-0.1, -0.05) is 5.92 Å². The van der Waals surface area contributed by atoms with Crippen molar-refractivity contribution in [1.82, 2.24) is 19.7 Å². The third-order valence-electron chi connectivity index (χ3n) is 1.95. The second kappa shape index (κ2) is 4.87. The summed E-state index contributed by atoms with van der Waals surface area (Å²) in [5, 5.41) is 3.90. The van der Waals surface area contributed by atoms with Gasteiger partial charge in [0.15, 0.2) is 0 Å². The van der Waals surface area contributed by atoms with Gasteiger partial charge < -0.3 is 0 Å². The van der Waals surface area contributed by atoms with Crippen molar-refractivity contribution in [3.63, 3.8) is 0 Å². The molecule has 2 rings (SSSR count). The van der Waals surface area contributed by atoms with Gasteiger partial charge in [0.2, 0.25) is 5.82 Å². The van der Waals surface area contributed by atoms with Gasteiger partial charge in [0.25, 0.3) is 0 Å². The predicted molar refractivity (Wildman–Crippen MR) is 56.1 cm³/mol. The number of hydrogen-bond donors (Lipinski definition) is 0. The molecule has 0 bridgehead atoms. The van der Waals surface area contributed by atoms with Crippen molar-refractivity contribution in [2.75, 3.05) is 0 Å². The highest BCUT2D eigenvalue weighted by Gasteiger charge is 2.32. The molecule has 0 aliphatic rings. The quantitative estimate of drug-likeness (QED) is 0.726. The van der Waals surface area contributed by atoms with E-state index in [0.29, 0.717) is 0 Å². The third kappa shape index (κ3) is 3.07. The molecule has 0 atom stereocenters. The van der Waals surface area contributed by atoms with Gasteiger partial charge in [-0.15, -0.1) is 0 Å². The summed E-state index contributed by atoms with van der Waals surface area (Å²) >= 11 is 0. The fraction of sp³-hybridized carbons (Fsp3) is 0.182. The van der Waals surface area contributed by atoms with E-state index in [4.69, 9.17) is 0 Å². The van der Waals surface area contributed by atoms with E-state index in [1.807, 2.05) is 0 Å². The van der Waals surface area contributed by atoms with Crippen LogP contribution in [-0.2, 0) is 12.7 Å². The molecule has 2 aromatic heterocycles. The van der Waals surface area contributed by atoms with Gasteiger partial charge in [0, 0.05) is 18.6 Å². The van der Waals surface area contributed by atoms with Crippen LogP contribution < -0.4 is 0 Å². The van der Waals surface area contributed by atoms with Crippen LogP contribution in [-0.4, -0.2) is 19.7 Å². The Morgan fingerprint density at radius 1 is 1.28 bits per heavy atom.